The van der Waals surface area contributed by atoms with Gasteiger partial charge in [0.25, 0.3) is 0 Å². The van der Waals surface area contributed by atoms with Crippen molar-refractivity contribution in [3.05, 3.63) is 35.5 Å². The van der Waals surface area contributed by atoms with Gasteiger partial charge in [0.15, 0.2) is 5.69 Å². The van der Waals surface area contributed by atoms with Crippen molar-refractivity contribution in [2.24, 2.45) is 0 Å². The first kappa shape index (κ1) is 10.4. The van der Waals surface area contributed by atoms with Crippen LogP contribution in [0, 0.1) is 6.92 Å². The van der Waals surface area contributed by atoms with Crippen LogP contribution in [-0.4, -0.2) is 18.1 Å². The zero-order chi connectivity index (χ0) is 11.7. The predicted octanol–water partition coefficient (Wildman–Crippen LogP) is 1.91. The van der Waals surface area contributed by atoms with Crippen molar-refractivity contribution in [2.45, 2.75) is 6.92 Å². The molecular formula is C12H12N2O2. The number of hydrogen-bond acceptors (Lipinski definition) is 4. The lowest BCUT2D eigenvalue weighted by Gasteiger charge is -2.05. The molecule has 0 spiro atoms. The van der Waals surface area contributed by atoms with E-state index in [-0.39, 0.29) is 5.69 Å². The van der Waals surface area contributed by atoms with Gasteiger partial charge in [-0.1, -0.05) is 11.6 Å². The molecule has 1 aromatic carbocycles. The average Bonchev–Trinajstić information content (AvgIpc) is 2.27. The maximum atomic E-state index is 11.4. The fourth-order valence-electron chi connectivity index (χ4n) is 1.57. The topological polar surface area (TPSA) is 65.2 Å². The lowest BCUT2D eigenvalue weighted by atomic mass is 10.1. The molecule has 1 heterocycles. The Hall–Kier alpha value is -2.10. The first-order chi connectivity index (χ1) is 7.61. The number of nitrogens with two attached hydrogens (primary N) is 1. The van der Waals surface area contributed by atoms with Gasteiger partial charge in [0.1, 0.15) is 0 Å². The van der Waals surface area contributed by atoms with Gasteiger partial charge in [-0.25, -0.2) is 9.78 Å². The van der Waals surface area contributed by atoms with Gasteiger partial charge in [0.05, 0.1) is 18.3 Å². The molecule has 0 fully saturated rings. The molecule has 2 aromatic rings. The molecule has 0 saturated carbocycles. The molecule has 16 heavy (non-hydrogen) atoms. The van der Waals surface area contributed by atoms with Crippen LogP contribution in [0.2, 0.25) is 0 Å². The van der Waals surface area contributed by atoms with E-state index in [0.717, 1.165) is 16.5 Å². The van der Waals surface area contributed by atoms with Crippen molar-refractivity contribution in [1.29, 1.82) is 0 Å². The maximum Gasteiger partial charge on any atom is 0.358 e. The van der Waals surface area contributed by atoms with E-state index in [2.05, 4.69) is 9.72 Å². The summed E-state index contributed by atoms with van der Waals surface area (Å²) in [6.07, 6.45) is 0. The summed E-state index contributed by atoms with van der Waals surface area (Å²) in [5.41, 5.74) is 8.11. The summed E-state index contributed by atoms with van der Waals surface area (Å²) < 4.78 is 4.61. The summed E-state index contributed by atoms with van der Waals surface area (Å²) in [5.74, 6) is -0.514. The van der Waals surface area contributed by atoms with Crippen LogP contribution in [0.4, 0.5) is 5.69 Å². The minimum Gasteiger partial charge on any atom is -0.464 e. The number of methoxy groups -OCH3 is 1. The van der Waals surface area contributed by atoms with Crippen LogP contribution in [0.15, 0.2) is 24.3 Å². The van der Waals surface area contributed by atoms with Gasteiger partial charge in [0, 0.05) is 5.39 Å². The Morgan fingerprint density at radius 1 is 1.38 bits per heavy atom. The van der Waals surface area contributed by atoms with Gasteiger partial charge >= 0.3 is 5.97 Å². The smallest absolute Gasteiger partial charge is 0.358 e. The number of ether oxygens (including phenoxy) is 1. The van der Waals surface area contributed by atoms with Crippen LogP contribution in [-0.2, 0) is 4.74 Å². The van der Waals surface area contributed by atoms with Crippen LogP contribution in [0.3, 0.4) is 0 Å². The van der Waals surface area contributed by atoms with Crippen LogP contribution >= 0.6 is 0 Å². The molecule has 0 saturated heterocycles. The molecule has 82 valence electrons. The van der Waals surface area contributed by atoms with Crippen molar-refractivity contribution in [3.8, 4) is 0 Å². The number of carbonyl (C=O) groups excluding carboxylic acids is 1. The monoisotopic (exact) mass is 216 g/mol. The lowest BCUT2D eigenvalue weighted by Crippen LogP contribution is -2.08. The third-order valence-electron chi connectivity index (χ3n) is 2.38. The molecule has 4 nitrogen and oxygen atoms in total. The minimum atomic E-state index is -0.514. The molecule has 0 radical (unpaired) electrons. The van der Waals surface area contributed by atoms with Crippen molar-refractivity contribution in [2.75, 3.05) is 12.8 Å². The zero-order valence-corrected chi connectivity index (χ0v) is 9.15. The Morgan fingerprint density at radius 3 is 2.81 bits per heavy atom. The molecule has 0 aliphatic rings. The number of hydrogen-bond donors (Lipinski definition) is 1. The van der Waals surface area contributed by atoms with E-state index in [1.807, 2.05) is 25.1 Å². The second-order valence-corrected chi connectivity index (χ2v) is 3.61. The Labute approximate surface area is 93.0 Å². The van der Waals surface area contributed by atoms with E-state index >= 15 is 0 Å². The van der Waals surface area contributed by atoms with E-state index < -0.39 is 5.97 Å². The summed E-state index contributed by atoms with van der Waals surface area (Å²) in [5, 5.41) is 0.921. The van der Waals surface area contributed by atoms with Crippen LogP contribution < -0.4 is 5.73 Å². The Bertz CT molecular complexity index is 564. The van der Waals surface area contributed by atoms with E-state index in [1.165, 1.54) is 7.11 Å². The van der Waals surface area contributed by atoms with Gasteiger partial charge in [-0.05, 0) is 25.1 Å². The third-order valence-corrected chi connectivity index (χ3v) is 2.38. The van der Waals surface area contributed by atoms with Crippen LogP contribution in [0.5, 0.6) is 0 Å². The number of aromatic nitrogens is 1. The van der Waals surface area contributed by atoms with Crippen LogP contribution in [0.1, 0.15) is 16.1 Å². The normalized spacial score (nSPS) is 10.4. The largest absolute Gasteiger partial charge is 0.464 e. The molecule has 2 N–H and O–H groups in total. The van der Waals surface area contributed by atoms with Gasteiger partial charge in [-0.2, -0.15) is 0 Å². The van der Waals surface area contributed by atoms with E-state index in [0.29, 0.717) is 5.69 Å². The quantitative estimate of drug-likeness (QED) is 0.739. The van der Waals surface area contributed by atoms with E-state index in [9.17, 15) is 4.79 Å². The molecule has 1 aromatic heterocycles. The standard InChI is InChI=1S/C12H12N2O2/c1-7-3-4-10-8(5-7)6-9(13)11(14-10)12(15)16-2/h3-6H,13H2,1-2H3. The average molecular weight is 216 g/mol. The molecule has 0 amide bonds. The lowest BCUT2D eigenvalue weighted by molar-refractivity contribution is 0.0596. The first-order valence-electron chi connectivity index (χ1n) is 4.87. The highest BCUT2D eigenvalue weighted by atomic mass is 16.5. The highest BCUT2D eigenvalue weighted by Gasteiger charge is 2.12. The summed E-state index contributed by atoms with van der Waals surface area (Å²) in [4.78, 5) is 15.6. The Kier molecular flexibility index (Phi) is 2.48. The highest BCUT2D eigenvalue weighted by molar-refractivity contribution is 5.97. The number of anilines is 1. The molecule has 4 heteroatoms. The second kappa shape index (κ2) is 3.81. The van der Waals surface area contributed by atoms with Crippen molar-refractivity contribution in [1.82, 2.24) is 4.98 Å². The van der Waals surface area contributed by atoms with Gasteiger partial charge in [-0.3, -0.25) is 0 Å². The van der Waals surface area contributed by atoms with E-state index in [4.69, 9.17) is 5.73 Å². The number of rotatable bonds is 1. The number of nitrogen functional groups attached to an aromatic ring is 1. The van der Waals surface area contributed by atoms with Gasteiger partial charge in [-0.15, -0.1) is 0 Å². The summed E-state index contributed by atoms with van der Waals surface area (Å²) >= 11 is 0. The number of benzene rings is 1. The number of esters is 1. The number of nitrogens with zero attached hydrogens (tertiary/aromatic N) is 1. The summed E-state index contributed by atoms with van der Waals surface area (Å²) in [6.45, 7) is 1.99. The third kappa shape index (κ3) is 1.69. The SMILES string of the molecule is COC(=O)c1nc2ccc(C)cc2cc1N. The van der Waals surface area contributed by atoms with Gasteiger partial charge in [0.2, 0.25) is 0 Å². The number of aryl methyl sites for hydroxylation is 1. The van der Waals surface area contributed by atoms with Crippen LogP contribution in [0.25, 0.3) is 10.9 Å². The fourth-order valence-corrected chi connectivity index (χ4v) is 1.57. The van der Waals surface area contributed by atoms with Crippen molar-refractivity contribution >= 4 is 22.6 Å². The fraction of sp³-hybridized carbons (Fsp3) is 0.167. The molecule has 0 atom stereocenters. The molecule has 0 aliphatic heterocycles. The number of fused-ring (bicyclic) bond motifs is 1. The maximum absolute atomic E-state index is 11.4. The Morgan fingerprint density at radius 2 is 2.12 bits per heavy atom. The van der Waals surface area contributed by atoms with Crippen molar-refractivity contribution < 1.29 is 9.53 Å². The van der Waals surface area contributed by atoms with Gasteiger partial charge < -0.3 is 10.5 Å². The summed E-state index contributed by atoms with van der Waals surface area (Å²) in [7, 11) is 1.31. The molecule has 0 unspecified atom stereocenters. The molecule has 2 rings (SSSR count). The Balaban J connectivity index is 2.67. The molecule has 0 aliphatic carbocycles. The van der Waals surface area contributed by atoms with E-state index in [1.54, 1.807) is 6.07 Å². The summed E-state index contributed by atoms with van der Waals surface area (Å²) in [6, 6.07) is 7.50. The first-order valence-corrected chi connectivity index (χ1v) is 4.87. The minimum absolute atomic E-state index is 0.166. The molecule has 0 bridgehead atoms. The highest BCUT2D eigenvalue weighted by Crippen LogP contribution is 2.20. The number of pyridine rings is 1. The zero-order valence-electron chi connectivity index (χ0n) is 9.15. The molecular weight excluding hydrogens is 204 g/mol. The second-order valence-electron chi connectivity index (χ2n) is 3.61. The number of carbonyl (C=O) groups is 1. The van der Waals surface area contributed by atoms with Crippen molar-refractivity contribution in [3.63, 3.8) is 0 Å². The predicted molar refractivity (Wildman–Crippen MR) is 62.2 cm³/mol.